The van der Waals surface area contributed by atoms with Crippen molar-refractivity contribution in [1.29, 1.82) is 5.26 Å². The van der Waals surface area contributed by atoms with Crippen molar-refractivity contribution in [2.45, 2.75) is 46.6 Å². The Balaban J connectivity index is 1.50. The second kappa shape index (κ2) is 9.08. The molecule has 4 rings (SSSR count). The van der Waals surface area contributed by atoms with E-state index in [4.69, 9.17) is 9.73 Å². The van der Waals surface area contributed by atoms with Crippen LogP contribution in [0, 0.1) is 22.7 Å². The molecule has 3 nitrogen and oxygen atoms in total. The summed E-state index contributed by atoms with van der Waals surface area (Å²) in [5.74, 6) is 1.47. The van der Waals surface area contributed by atoms with Crippen LogP contribution in [0.3, 0.4) is 0 Å². The third-order valence-electron chi connectivity index (χ3n) is 6.02. The van der Waals surface area contributed by atoms with E-state index in [0.717, 1.165) is 46.7 Å². The summed E-state index contributed by atoms with van der Waals surface area (Å²) in [6.45, 7) is 7.47. The van der Waals surface area contributed by atoms with Crippen molar-refractivity contribution < 1.29 is 4.74 Å². The molecule has 1 aliphatic rings. The topological polar surface area (TPSA) is 45.4 Å². The number of ether oxygens (including phenoxy) is 1. The number of nitriles is 1. The van der Waals surface area contributed by atoms with Crippen molar-refractivity contribution in [3.63, 3.8) is 0 Å². The summed E-state index contributed by atoms with van der Waals surface area (Å²) in [6, 6.07) is 20.5. The van der Waals surface area contributed by atoms with Gasteiger partial charge in [-0.3, -0.25) is 0 Å². The Morgan fingerprint density at radius 2 is 1.97 bits per heavy atom. The van der Waals surface area contributed by atoms with Gasteiger partial charge < -0.3 is 4.74 Å². The number of hydrogen-bond acceptors (Lipinski definition) is 4. The van der Waals surface area contributed by atoms with Crippen LogP contribution in [0.15, 0.2) is 59.6 Å². The first-order chi connectivity index (χ1) is 14.9. The molecule has 0 N–H and O–H groups in total. The monoisotopic (exact) mass is 428 g/mol. The molecule has 31 heavy (non-hydrogen) atoms. The first kappa shape index (κ1) is 21.3. The lowest BCUT2D eigenvalue weighted by atomic mass is 9.72. The second-order valence-corrected chi connectivity index (χ2v) is 10.3. The van der Waals surface area contributed by atoms with E-state index in [1.165, 1.54) is 10.4 Å². The molecule has 0 aliphatic heterocycles. The van der Waals surface area contributed by atoms with Gasteiger partial charge in [-0.25, -0.2) is 4.99 Å². The van der Waals surface area contributed by atoms with Crippen molar-refractivity contribution in [2.24, 2.45) is 16.3 Å². The minimum absolute atomic E-state index is 0.290. The van der Waals surface area contributed by atoms with Crippen LogP contribution < -0.4 is 4.74 Å². The SMILES string of the molecule is CC(C)(C)[C@@H]1CCc2c(sc(N=Cc3cccc(OCc4ccccc4)c3)c2C#N)C1. The molecule has 4 heteroatoms. The predicted molar refractivity (Wildman–Crippen MR) is 128 cm³/mol. The van der Waals surface area contributed by atoms with Gasteiger partial charge in [0.2, 0.25) is 0 Å². The van der Waals surface area contributed by atoms with E-state index in [0.29, 0.717) is 12.5 Å². The summed E-state index contributed by atoms with van der Waals surface area (Å²) in [4.78, 5) is 6.06. The van der Waals surface area contributed by atoms with Gasteiger partial charge in [0.15, 0.2) is 0 Å². The Bertz CT molecular complexity index is 1120. The molecule has 1 aliphatic carbocycles. The lowest BCUT2D eigenvalue weighted by Gasteiger charge is -2.33. The highest BCUT2D eigenvalue weighted by molar-refractivity contribution is 7.16. The molecule has 0 radical (unpaired) electrons. The number of hydrogen-bond donors (Lipinski definition) is 0. The van der Waals surface area contributed by atoms with E-state index in [1.54, 1.807) is 11.3 Å². The summed E-state index contributed by atoms with van der Waals surface area (Å²) in [6.07, 6.45) is 5.02. The van der Waals surface area contributed by atoms with E-state index in [-0.39, 0.29) is 5.41 Å². The molecule has 1 atom stereocenters. The van der Waals surface area contributed by atoms with Crippen LogP contribution in [0.25, 0.3) is 0 Å². The van der Waals surface area contributed by atoms with E-state index < -0.39 is 0 Å². The standard InChI is InChI=1S/C27H28N2OS/c1-27(2,3)21-12-13-23-24(16-28)26(31-25(23)15-21)29-17-20-10-7-11-22(14-20)30-18-19-8-5-4-6-9-19/h4-11,14,17,21H,12-13,15,18H2,1-3H3/t21-/m1/s1. The maximum absolute atomic E-state index is 9.77. The van der Waals surface area contributed by atoms with Gasteiger partial charge in [0.05, 0.1) is 5.56 Å². The molecule has 158 valence electrons. The van der Waals surface area contributed by atoms with Crippen molar-refractivity contribution >= 4 is 22.6 Å². The molecule has 1 heterocycles. The van der Waals surface area contributed by atoms with Crippen molar-refractivity contribution in [1.82, 2.24) is 0 Å². The molecule has 2 aromatic carbocycles. The zero-order valence-corrected chi connectivity index (χ0v) is 19.2. The fourth-order valence-electron chi connectivity index (χ4n) is 4.08. The van der Waals surface area contributed by atoms with Crippen LogP contribution in [0.4, 0.5) is 5.00 Å². The summed E-state index contributed by atoms with van der Waals surface area (Å²) >= 11 is 1.69. The van der Waals surface area contributed by atoms with Gasteiger partial charge in [-0.2, -0.15) is 5.26 Å². The van der Waals surface area contributed by atoms with Gasteiger partial charge in [-0.15, -0.1) is 11.3 Å². The van der Waals surface area contributed by atoms with Crippen molar-refractivity contribution in [2.75, 3.05) is 0 Å². The zero-order chi connectivity index (χ0) is 21.8. The Morgan fingerprint density at radius 3 is 2.71 bits per heavy atom. The fraction of sp³-hybridized carbons (Fsp3) is 0.333. The fourth-order valence-corrected chi connectivity index (χ4v) is 5.30. The van der Waals surface area contributed by atoms with Gasteiger partial charge in [0.1, 0.15) is 23.4 Å². The highest BCUT2D eigenvalue weighted by Gasteiger charge is 2.32. The predicted octanol–water partition coefficient (Wildman–Crippen LogP) is 7.10. The molecule has 0 bridgehead atoms. The molecular weight excluding hydrogens is 400 g/mol. The van der Waals surface area contributed by atoms with Gasteiger partial charge in [-0.05, 0) is 59.4 Å². The Kier molecular flexibility index (Phi) is 6.25. The Hall–Kier alpha value is -2.90. The summed E-state index contributed by atoms with van der Waals surface area (Å²) in [7, 11) is 0. The Morgan fingerprint density at radius 1 is 1.16 bits per heavy atom. The van der Waals surface area contributed by atoms with Crippen LogP contribution >= 0.6 is 11.3 Å². The summed E-state index contributed by atoms with van der Waals surface area (Å²) < 4.78 is 5.93. The quantitative estimate of drug-likeness (QED) is 0.407. The van der Waals surface area contributed by atoms with Crippen LogP contribution in [0.1, 0.15) is 54.3 Å². The summed E-state index contributed by atoms with van der Waals surface area (Å²) in [5.41, 5.74) is 4.38. The first-order valence-corrected chi connectivity index (χ1v) is 11.6. The van der Waals surface area contributed by atoms with Crippen molar-refractivity contribution in [3.8, 4) is 11.8 Å². The van der Waals surface area contributed by atoms with Crippen LogP contribution in [-0.4, -0.2) is 6.21 Å². The molecular formula is C27H28N2OS. The minimum Gasteiger partial charge on any atom is -0.489 e. The first-order valence-electron chi connectivity index (χ1n) is 10.8. The van der Waals surface area contributed by atoms with E-state index >= 15 is 0 Å². The van der Waals surface area contributed by atoms with Gasteiger partial charge in [0.25, 0.3) is 0 Å². The maximum atomic E-state index is 9.77. The van der Waals surface area contributed by atoms with Gasteiger partial charge >= 0.3 is 0 Å². The van der Waals surface area contributed by atoms with Gasteiger partial charge in [0, 0.05) is 11.1 Å². The molecule has 0 saturated carbocycles. The average molecular weight is 429 g/mol. The van der Waals surface area contributed by atoms with Gasteiger partial charge in [-0.1, -0.05) is 63.2 Å². The highest BCUT2D eigenvalue weighted by atomic mass is 32.1. The normalized spacial score (nSPS) is 16.1. The number of fused-ring (bicyclic) bond motifs is 1. The lowest BCUT2D eigenvalue weighted by Crippen LogP contribution is -2.26. The number of thiophene rings is 1. The van der Waals surface area contributed by atoms with Crippen LogP contribution in [0.2, 0.25) is 0 Å². The third-order valence-corrected chi connectivity index (χ3v) is 7.18. The largest absolute Gasteiger partial charge is 0.489 e. The maximum Gasteiger partial charge on any atom is 0.134 e. The number of rotatable bonds is 5. The number of nitrogens with zero attached hydrogens (tertiary/aromatic N) is 2. The highest BCUT2D eigenvalue weighted by Crippen LogP contribution is 2.44. The molecule has 0 unspecified atom stereocenters. The number of benzene rings is 2. The third kappa shape index (κ3) is 5.06. The molecule has 0 spiro atoms. The molecule has 1 aromatic heterocycles. The molecule has 0 fully saturated rings. The van der Waals surface area contributed by atoms with E-state index in [1.807, 2.05) is 48.7 Å². The smallest absolute Gasteiger partial charge is 0.134 e. The van der Waals surface area contributed by atoms with Crippen LogP contribution in [0.5, 0.6) is 5.75 Å². The average Bonchev–Trinajstić information content (AvgIpc) is 3.13. The second-order valence-electron chi connectivity index (χ2n) is 9.21. The lowest BCUT2D eigenvalue weighted by molar-refractivity contribution is 0.218. The molecule has 3 aromatic rings. The molecule has 0 saturated heterocycles. The number of aliphatic imine (C=N–C) groups is 1. The van der Waals surface area contributed by atoms with E-state index in [9.17, 15) is 5.26 Å². The summed E-state index contributed by atoms with van der Waals surface area (Å²) in [5, 5.41) is 10.6. The molecule has 0 amide bonds. The Labute approximate surface area is 189 Å². The van der Waals surface area contributed by atoms with Crippen LogP contribution in [-0.2, 0) is 19.4 Å². The minimum atomic E-state index is 0.290. The van der Waals surface area contributed by atoms with Crippen molar-refractivity contribution in [3.05, 3.63) is 81.7 Å². The zero-order valence-electron chi connectivity index (χ0n) is 18.4. The van der Waals surface area contributed by atoms with E-state index in [2.05, 4.69) is 39.0 Å².